The molecule has 1 aromatic heterocycles. The highest BCUT2D eigenvalue weighted by Gasteiger charge is 2.28. The summed E-state index contributed by atoms with van der Waals surface area (Å²) in [5.74, 6) is 0. The van der Waals surface area contributed by atoms with Crippen LogP contribution in [0.3, 0.4) is 0 Å². The van der Waals surface area contributed by atoms with Crippen molar-refractivity contribution in [1.82, 2.24) is 15.5 Å². The summed E-state index contributed by atoms with van der Waals surface area (Å²) in [6.07, 6.45) is 1.08. The van der Waals surface area contributed by atoms with Crippen molar-refractivity contribution >= 4 is 0 Å². The number of H-pyrrole nitrogens is 1. The molecule has 0 aliphatic carbocycles. The zero-order valence-corrected chi connectivity index (χ0v) is 8.76. The molecular weight excluding hydrogens is 178 g/mol. The minimum Gasteiger partial charge on any atom is -0.379 e. The van der Waals surface area contributed by atoms with Gasteiger partial charge in [0.05, 0.1) is 12.3 Å². The number of hydrogen-bond acceptors (Lipinski definition) is 3. The minimum absolute atomic E-state index is 0.132. The lowest BCUT2D eigenvalue weighted by atomic mass is 10.0. The number of ether oxygens (including phenoxy) is 1. The van der Waals surface area contributed by atoms with E-state index in [1.54, 1.807) is 0 Å². The van der Waals surface area contributed by atoms with E-state index < -0.39 is 0 Å². The summed E-state index contributed by atoms with van der Waals surface area (Å²) in [7, 11) is 0. The molecule has 0 radical (unpaired) electrons. The highest BCUT2D eigenvalue weighted by molar-refractivity contribution is 5.07. The summed E-state index contributed by atoms with van der Waals surface area (Å²) < 4.78 is 5.36. The number of nitrogens with zero attached hydrogens (tertiary/aromatic N) is 1. The molecule has 1 aliphatic rings. The second-order valence-electron chi connectivity index (χ2n) is 4.26. The first-order chi connectivity index (χ1) is 6.68. The maximum Gasteiger partial charge on any atom is 0.0762 e. The average Bonchev–Trinajstić information content (AvgIpc) is 2.73. The normalized spacial score (nSPS) is 27.0. The van der Waals surface area contributed by atoms with Crippen LogP contribution in [0.15, 0.2) is 6.07 Å². The Morgan fingerprint density at radius 3 is 3.14 bits per heavy atom. The molecule has 0 aromatic carbocycles. The summed E-state index contributed by atoms with van der Waals surface area (Å²) >= 11 is 0. The van der Waals surface area contributed by atoms with Crippen LogP contribution in [-0.4, -0.2) is 29.0 Å². The lowest BCUT2D eigenvalue weighted by Crippen LogP contribution is -2.42. The van der Waals surface area contributed by atoms with Crippen molar-refractivity contribution in [2.24, 2.45) is 0 Å². The van der Waals surface area contributed by atoms with E-state index in [2.05, 4.69) is 28.5 Å². The lowest BCUT2D eigenvalue weighted by molar-refractivity contribution is 0.171. The molecule has 1 saturated heterocycles. The maximum absolute atomic E-state index is 5.36. The van der Waals surface area contributed by atoms with Crippen LogP contribution in [0.1, 0.15) is 24.7 Å². The van der Waals surface area contributed by atoms with Gasteiger partial charge in [-0.2, -0.15) is 5.10 Å². The smallest absolute Gasteiger partial charge is 0.0762 e. The monoisotopic (exact) mass is 195 g/mol. The standard InChI is InChI=1S/C10H17N3O/c1-8-5-9(13-12-8)6-11-10(2)3-4-14-7-10/h5,11H,3-4,6-7H2,1-2H3,(H,12,13). The quantitative estimate of drug-likeness (QED) is 0.756. The Morgan fingerprint density at radius 2 is 2.57 bits per heavy atom. The zero-order chi connectivity index (χ0) is 10.0. The third-order valence-electron chi connectivity index (χ3n) is 2.67. The first kappa shape index (κ1) is 9.68. The molecule has 0 amide bonds. The molecule has 2 N–H and O–H groups in total. The fourth-order valence-corrected chi connectivity index (χ4v) is 1.68. The van der Waals surface area contributed by atoms with Gasteiger partial charge >= 0.3 is 0 Å². The molecule has 0 bridgehead atoms. The van der Waals surface area contributed by atoms with E-state index in [0.717, 1.165) is 37.6 Å². The summed E-state index contributed by atoms with van der Waals surface area (Å²) in [4.78, 5) is 0. The molecule has 4 heteroatoms. The van der Waals surface area contributed by atoms with Gasteiger partial charge < -0.3 is 10.1 Å². The second-order valence-corrected chi connectivity index (χ2v) is 4.26. The Labute approximate surface area is 84.0 Å². The van der Waals surface area contributed by atoms with Crippen molar-refractivity contribution in [1.29, 1.82) is 0 Å². The summed E-state index contributed by atoms with van der Waals surface area (Å²) in [6.45, 7) is 6.68. The average molecular weight is 195 g/mol. The SMILES string of the molecule is Cc1cc(CNC2(C)CCOC2)n[nH]1. The predicted molar refractivity (Wildman–Crippen MR) is 54.0 cm³/mol. The molecule has 0 saturated carbocycles. The van der Waals surface area contributed by atoms with E-state index in [9.17, 15) is 0 Å². The van der Waals surface area contributed by atoms with E-state index in [1.807, 2.05) is 6.92 Å². The molecule has 2 heterocycles. The fraction of sp³-hybridized carbons (Fsp3) is 0.700. The first-order valence-electron chi connectivity index (χ1n) is 5.02. The van der Waals surface area contributed by atoms with Crippen molar-refractivity contribution in [2.45, 2.75) is 32.4 Å². The number of aromatic nitrogens is 2. The van der Waals surface area contributed by atoms with Gasteiger partial charge in [-0.1, -0.05) is 0 Å². The molecule has 4 nitrogen and oxygen atoms in total. The number of aromatic amines is 1. The van der Waals surface area contributed by atoms with Crippen LogP contribution in [0, 0.1) is 6.92 Å². The molecule has 1 fully saturated rings. The zero-order valence-electron chi connectivity index (χ0n) is 8.76. The largest absolute Gasteiger partial charge is 0.379 e. The Hall–Kier alpha value is -0.870. The molecule has 2 rings (SSSR count). The van der Waals surface area contributed by atoms with Crippen LogP contribution in [-0.2, 0) is 11.3 Å². The van der Waals surface area contributed by atoms with Crippen LogP contribution < -0.4 is 5.32 Å². The summed E-state index contributed by atoms with van der Waals surface area (Å²) in [5.41, 5.74) is 2.30. The van der Waals surface area contributed by atoms with Crippen molar-refractivity contribution in [3.05, 3.63) is 17.5 Å². The minimum atomic E-state index is 0.132. The van der Waals surface area contributed by atoms with Gasteiger partial charge in [-0.3, -0.25) is 5.10 Å². The van der Waals surface area contributed by atoms with Gasteiger partial charge in [0, 0.05) is 24.4 Å². The van der Waals surface area contributed by atoms with Crippen molar-refractivity contribution in [2.75, 3.05) is 13.2 Å². The van der Waals surface area contributed by atoms with E-state index in [0.29, 0.717) is 0 Å². The molecular formula is C10H17N3O. The Morgan fingerprint density at radius 1 is 1.71 bits per heavy atom. The molecule has 1 atom stereocenters. The van der Waals surface area contributed by atoms with Crippen LogP contribution in [0.25, 0.3) is 0 Å². The van der Waals surface area contributed by atoms with Gasteiger partial charge in [-0.25, -0.2) is 0 Å². The van der Waals surface area contributed by atoms with Crippen molar-refractivity contribution < 1.29 is 4.74 Å². The van der Waals surface area contributed by atoms with E-state index in [4.69, 9.17) is 4.74 Å². The van der Waals surface area contributed by atoms with E-state index in [-0.39, 0.29) is 5.54 Å². The molecule has 78 valence electrons. The fourth-order valence-electron chi connectivity index (χ4n) is 1.68. The molecule has 1 unspecified atom stereocenters. The highest BCUT2D eigenvalue weighted by atomic mass is 16.5. The Balaban J connectivity index is 1.87. The van der Waals surface area contributed by atoms with Crippen LogP contribution in [0.4, 0.5) is 0 Å². The number of aryl methyl sites for hydroxylation is 1. The summed E-state index contributed by atoms with van der Waals surface area (Å²) in [5, 5.41) is 10.6. The number of nitrogens with one attached hydrogen (secondary N) is 2. The van der Waals surface area contributed by atoms with Gasteiger partial charge in [0.1, 0.15) is 0 Å². The van der Waals surface area contributed by atoms with Gasteiger partial charge in [-0.05, 0) is 26.3 Å². The molecule has 1 aliphatic heterocycles. The second kappa shape index (κ2) is 3.71. The maximum atomic E-state index is 5.36. The van der Waals surface area contributed by atoms with Crippen LogP contribution >= 0.6 is 0 Å². The molecule has 1 aromatic rings. The Kier molecular flexibility index (Phi) is 2.56. The van der Waals surface area contributed by atoms with E-state index >= 15 is 0 Å². The van der Waals surface area contributed by atoms with Crippen LogP contribution in [0.2, 0.25) is 0 Å². The van der Waals surface area contributed by atoms with Crippen LogP contribution in [0.5, 0.6) is 0 Å². The topological polar surface area (TPSA) is 49.9 Å². The molecule has 14 heavy (non-hydrogen) atoms. The third kappa shape index (κ3) is 2.13. The number of hydrogen-bond donors (Lipinski definition) is 2. The summed E-state index contributed by atoms with van der Waals surface area (Å²) in [6, 6.07) is 2.06. The molecule has 0 spiro atoms. The number of rotatable bonds is 3. The van der Waals surface area contributed by atoms with Gasteiger partial charge in [-0.15, -0.1) is 0 Å². The van der Waals surface area contributed by atoms with Gasteiger partial charge in [0.2, 0.25) is 0 Å². The predicted octanol–water partition coefficient (Wildman–Crippen LogP) is 0.987. The Bertz CT molecular complexity index is 302. The van der Waals surface area contributed by atoms with Gasteiger partial charge in [0.15, 0.2) is 0 Å². The van der Waals surface area contributed by atoms with E-state index in [1.165, 1.54) is 0 Å². The lowest BCUT2D eigenvalue weighted by Gasteiger charge is -2.22. The van der Waals surface area contributed by atoms with Crippen molar-refractivity contribution in [3.8, 4) is 0 Å². The highest BCUT2D eigenvalue weighted by Crippen LogP contribution is 2.17. The van der Waals surface area contributed by atoms with Crippen molar-refractivity contribution in [3.63, 3.8) is 0 Å². The first-order valence-corrected chi connectivity index (χ1v) is 5.02. The third-order valence-corrected chi connectivity index (χ3v) is 2.67. The van der Waals surface area contributed by atoms with Gasteiger partial charge in [0.25, 0.3) is 0 Å².